The van der Waals surface area contributed by atoms with Gasteiger partial charge in [-0.25, -0.2) is 0 Å². The number of nitrogens with one attached hydrogen (secondary N) is 2. The second-order valence-electron chi connectivity index (χ2n) is 7.61. The molecule has 4 rings (SSSR count). The average molecular weight is 449 g/mol. The normalized spacial score (nSPS) is 13.7. The van der Waals surface area contributed by atoms with Gasteiger partial charge in [-0.15, -0.1) is 0 Å². The Hall–Kier alpha value is -4.14. The van der Waals surface area contributed by atoms with E-state index in [1.165, 1.54) is 14.2 Å². The Morgan fingerprint density at radius 2 is 1.73 bits per heavy atom. The number of nitrogens with zero attached hydrogens (tertiary/aromatic N) is 1. The lowest BCUT2D eigenvalue weighted by Gasteiger charge is -2.14. The van der Waals surface area contributed by atoms with Crippen LogP contribution in [0.1, 0.15) is 23.2 Å². The fourth-order valence-electron chi connectivity index (χ4n) is 3.55. The molecule has 2 N–H and O–H groups in total. The first-order valence-electron chi connectivity index (χ1n) is 10.3. The molecule has 2 amide bonds. The number of carbonyl (C=O) groups is 3. The number of amides is 2. The van der Waals surface area contributed by atoms with Gasteiger partial charge in [0.15, 0.2) is 0 Å². The van der Waals surface area contributed by atoms with Gasteiger partial charge in [0.05, 0.1) is 25.3 Å². The summed E-state index contributed by atoms with van der Waals surface area (Å²) >= 11 is 0. The highest BCUT2D eigenvalue weighted by molar-refractivity contribution is 6.11. The van der Waals surface area contributed by atoms with Crippen LogP contribution in [0.2, 0.25) is 0 Å². The summed E-state index contributed by atoms with van der Waals surface area (Å²) in [4.78, 5) is 41.0. The van der Waals surface area contributed by atoms with E-state index < -0.39 is 11.4 Å². The Balaban J connectivity index is 1.56. The zero-order valence-corrected chi connectivity index (χ0v) is 18.4. The summed E-state index contributed by atoms with van der Waals surface area (Å²) in [6, 6.07) is 11.8. The summed E-state index contributed by atoms with van der Waals surface area (Å²) in [6.45, 7) is 0. The first-order chi connectivity index (χ1) is 15.9. The molecular formula is C24H23N3O6. The number of carbonyl (C=O) groups excluding carboxylic acids is 3. The van der Waals surface area contributed by atoms with Crippen LogP contribution in [0, 0.1) is 5.41 Å². The number of methoxy groups -OCH3 is 2. The fraction of sp³-hybridized carbons (Fsp3) is 0.250. The molecule has 0 radical (unpaired) electrons. The van der Waals surface area contributed by atoms with Gasteiger partial charge in [0, 0.05) is 30.4 Å². The van der Waals surface area contributed by atoms with Crippen LogP contribution in [0.3, 0.4) is 0 Å². The number of ether oxygens (including phenoxy) is 3. The van der Waals surface area contributed by atoms with Crippen LogP contribution in [0.5, 0.6) is 17.2 Å². The van der Waals surface area contributed by atoms with Gasteiger partial charge in [-0.05, 0) is 49.2 Å². The van der Waals surface area contributed by atoms with E-state index in [1.54, 1.807) is 55.7 Å². The van der Waals surface area contributed by atoms with Crippen molar-refractivity contribution in [3.63, 3.8) is 0 Å². The third-order valence-corrected chi connectivity index (χ3v) is 5.60. The largest absolute Gasteiger partial charge is 0.496 e. The van der Waals surface area contributed by atoms with Crippen LogP contribution in [0.15, 0.2) is 48.7 Å². The molecule has 1 aliphatic rings. The summed E-state index contributed by atoms with van der Waals surface area (Å²) in [5.41, 5.74) is 0.430. The minimum absolute atomic E-state index is 0.288. The molecule has 0 saturated heterocycles. The lowest BCUT2D eigenvalue weighted by atomic mass is 10.1. The SMILES string of the molecule is CNC(=O)c1cc2c(Oc3ccc(NC(=O)C4(C(=O)OC)CC4)cc3)ccnc2cc1OC. The van der Waals surface area contributed by atoms with Crippen molar-refractivity contribution < 1.29 is 28.6 Å². The van der Waals surface area contributed by atoms with E-state index >= 15 is 0 Å². The first-order valence-corrected chi connectivity index (χ1v) is 10.3. The molecule has 0 bridgehead atoms. The Morgan fingerprint density at radius 1 is 1.00 bits per heavy atom. The van der Waals surface area contributed by atoms with E-state index in [1.807, 2.05) is 0 Å². The zero-order chi connectivity index (χ0) is 23.6. The molecule has 170 valence electrons. The van der Waals surface area contributed by atoms with Crippen molar-refractivity contribution >= 4 is 34.4 Å². The predicted octanol–water partition coefficient (Wildman–Crippen LogP) is 3.29. The Labute approximate surface area is 190 Å². The molecule has 1 aliphatic carbocycles. The van der Waals surface area contributed by atoms with Crippen LogP contribution in [-0.4, -0.2) is 44.0 Å². The van der Waals surface area contributed by atoms with Crippen molar-refractivity contribution in [2.45, 2.75) is 12.8 Å². The molecule has 2 aromatic carbocycles. The molecule has 1 heterocycles. The maximum absolute atomic E-state index is 12.5. The molecular weight excluding hydrogens is 426 g/mol. The van der Waals surface area contributed by atoms with Crippen molar-refractivity contribution in [1.82, 2.24) is 10.3 Å². The lowest BCUT2D eigenvalue weighted by Crippen LogP contribution is -2.32. The van der Waals surface area contributed by atoms with Crippen LogP contribution >= 0.6 is 0 Å². The topological polar surface area (TPSA) is 116 Å². The third-order valence-electron chi connectivity index (χ3n) is 5.60. The van der Waals surface area contributed by atoms with E-state index in [2.05, 4.69) is 15.6 Å². The number of fused-ring (bicyclic) bond motifs is 1. The van der Waals surface area contributed by atoms with Crippen molar-refractivity contribution in [2.75, 3.05) is 26.6 Å². The smallest absolute Gasteiger partial charge is 0.321 e. The molecule has 0 aliphatic heterocycles. The predicted molar refractivity (Wildman–Crippen MR) is 121 cm³/mol. The number of aromatic nitrogens is 1. The number of hydrogen-bond acceptors (Lipinski definition) is 7. The molecule has 0 atom stereocenters. The Bertz CT molecular complexity index is 1230. The lowest BCUT2D eigenvalue weighted by molar-refractivity contribution is -0.150. The van der Waals surface area contributed by atoms with Gasteiger partial charge in [0.25, 0.3) is 5.91 Å². The highest BCUT2D eigenvalue weighted by Crippen LogP contribution is 2.47. The number of esters is 1. The van der Waals surface area contributed by atoms with E-state index in [9.17, 15) is 14.4 Å². The highest BCUT2D eigenvalue weighted by atomic mass is 16.5. The van der Waals surface area contributed by atoms with Gasteiger partial charge in [-0.2, -0.15) is 0 Å². The van der Waals surface area contributed by atoms with Crippen molar-refractivity contribution in [3.8, 4) is 17.2 Å². The molecule has 9 nitrogen and oxygen atoms in total. The molecule has 33 heavy (non-hydrogen) atoms. The second kappa shape index (κ2) is 8.78. The maximum Gasteiger partial charge on any atom is 0.321 e. The summed E-state index contributed by atoms with van der Waals surface area (Å²) in [7, 11) is 4.31. The van der Waals surface area contributed by atoms with Gasteiger partial charge in [0.1, 0.15) is 22.7 Å². The van der Waals surface area contributed by atoms with E-state index in [-0.39, 0.29) is 11.8 Å². The maximum atomic E-state index is 12.5. The number of pyridine rings is 1. The molecule has 1 aromatic heterocycles. The molecule has 0 unspecified atom stereocenters. The standard InChI is InChI=1S/C24H23N3O6/c1-25-21(28)17-12-16-18(13-20(17)31-2)26-11-8-19(16)33-15-6-4-14(5-7-15)27-22(29)24(9-10-24)23(30)32-3/h4-8,11-13H,9-10H2,1-3H3,(H,25,28)(H,27,29). The van der Waals surface area contributed by atoms with Crippen LogP contribution in [0.25, 0.3) is 10.9 Å². The monoisotopic (exact) mass is 449 g/mol. The van der Waals surface area contributed by atoms with Crippen molar-refractivity contribution in [2.24, 2.45) is 5.41 Å². The molecule has 1 saturated carbocycles. The van der Waals surface area contributed by atoms with Gasteiger partial charge in [0.2, 0.25) is 5.91 Å². The average Bonchev–Trinajstić information content (AvgIpc) is 3.66. The number of benzene rings is 2. The second-order valence-corrected chi connectivity index (χ2v) is 7.61. The summed E-state index contributed by atoms with van der Waals surface area (Å²) < 4.78 is 16.1. The number of rotatable bonds is 7. The van der Waals surface area contributed by atoms with Crippen LogP contribution in [-0.2, 0) is 14.3 Å². The minimum atomic E-state index is -1.08. The van der Waals surface area contributed by atoms with E-state index in [0.717, 1.165) is 0 Å². The van der Waals surface area contributed by atoms with Crippen molar-refractivity contribution in [3.05, 3.63) is 54.2 Å². The van der Waals surface area contributed by atoms with Gasteiger partial charge in [-0.1, -0.05) is 0 Å². The quantitative estimate of drug-likeness (QED) is 0.420. The first kappa shape index (κ1) is 22.1. The van der Waals surface area contributed by atoms with Gasteiger partial charge in [-0.3, -0.25) is 19.4 Å². The van der Waals surface area contributed by atoms with Crippen LogP contribution in [0.4, 0.5) is 5.69 Å². The summed E-state index contributed by atoms with van der Waals surface area (Å²) in [6.07, 6.45) is 2.56. The Morgan fingerprint density at radius 3 is 2.33 bits per heavy atom. The van der Waals surface area contributed by atoms with Crippen molar-refractivity contribution in [1.29, 1.82) is 0 Å². The van der Waals surface area contributed by atoms with Gasteiger partial charge < -0.3 is 24.8 Å². The molecule has 0 spiro atoms. The number of anilines is 1. The zero-order valence-electron chi connectivity index (χ0n) is 18.4. The van der Waals surface area contributed by atoms with E-state index in [0.29, 0.717) is 52.2 Å². The summed E-state index contributed by atoms with van der Waals surface area (Å²) in [5, 5.41) is 5.99. The molecule has 1 fully saturated rings. The van der Waals surface area contributed by atoms with Crippen LogP contribution < -0.4 is 20.1 Å². The number of hydrogen-bond donors (Lipinski definition) is 2. The third kappa shape index (κ3) is 4.17. The van der Waals surface area contributed by atoms with Gasteiger partial charge >= 0.3 is 5.97 Å². The minimum Gasteiger partial charge on any atom is -0.496 e. The Kier molecular flexibility index (Phi) is 5.87. The van der Waals surface area contributed by atoms with E-state index in [4.69, 9.17) is 14.2 Å². The highest BCUT2D eigenvalue weighted by Gasteiger charge is 2.57. The molecule has 3 aromatic rings. The summed E-state index contributed by atoms with van der Waals surface area (Å²) in [5.74, 6) is 0.256. The molecule has 9 heteroatoms. The fourth-order valence-corrected chi connectivity index (χ4v) is 3.55.